The molecule has 92 valence electrons. The van der Waals surface area contributed by atoms with Crippen molar-refractivity contribution in [2.75, 3.05) is 19.6 Å². The van der Waals surface area contributed by atoms with Crippen LogP contribution in [0.1, 0.15) is 39.5 Å². The molecule has 16 heavy (non-hydrogen) atoms. The molecule has 0 aromatic rings. The SMILES string of the molecule is CCCNC(=O)CN1CCCCC1C(C)=O. The average Bonchev–Trinajstić information content (AvgIpc) is 2.27. The Hall–Kier alpha value is -0.900. The lowest BCUT2D eigenvalue weighted by molar-refractivity contribution is -0.127. The summed E-state index contributed by atoms with van der Waals surface area (Å²) in [5, 5.41) is 2.85. The summed E-state index contributed by atoms with van der Waals surface area (Å²) in [5.41, 5.74) is 0. The summed E-state index contributed by atoms with van der Waals surface area (Å²) in [6, 6.07) is -0.0406. The third kappa shape index (κ3) is 3.93. The average molecular weight is 226 g/mol. The first-order valence-electron chi connectivity index (χ1n) is 6.16. The Balaban J connectivity index is 2.43. The van der Waals surface area contributed by atoms with Crippen LogP contribution in [0, 0.1) is 0 Å². The highest BCUT2D eigenvalue weighted by molar-refractivity contribution is 5.83. The molecular formula is C12H22N2O2. The van der Waals surface area contributed by atoms with Gasteiger partial charge in [-0.15, -0.1) is 0 Å². The highest BCUT2D eigenvalue weighted by Crippen LogP contribution is 2.17. The van der Waals surface area contributed by atoms with Crippen LogP contribution < -0.4 is 5.32 Å². The first-order chi connectivity index (χ1) is 7.65. The molecule has 1 atom stereocenters. The Morgan fingerprint density at radius 1 is 1.38 bits per heavy atom. The van der Waals surface area contributed by atoms with Crippen LogP contribution in [0.5, 0.6) is 0 Å². The molecule has 0 spiro atoms. The smallest absolute Gasteiger partial charge is 0.234 e. The minimum absolute atomic E-state index is 0.0370. The summed E-state index contributed by atoms with van der Waals surface area (Å²) in [6.07, 6.45) is 4.03. The number of hydrogen-bond acceptors (Lipinski definition) is 3. The van der Waals surface area contributed by atoms with Gasteiger partial charge in [0.25, 0.3) is 0 Å². The van der Waals surface area contributed by atoms with Gasteiger partial charge in [-0.2, -0.15) is 0 Å². The Kier molecular flexibility index (Phi) is 5.46. The van der Waals surface area contributed by atoms with Gasteiger partial charge >= 0.3 is 0 Å². The number of carbonyl (C=O) groups excluding carboxylic acids is 2. The van der Waals surface area contributed by atoms with Crippen molar-refractivity contribution < 1.29 is 9.59 Å². The molecule has 1 fully saturated rings. The Labute approximate surface area is 97.4 Å². The molecule has 0 bridgehead atoms. The van der Waals surface area contributed by atoms with Crippen LogP contribution in [0.15, 0.2) is 0 Å². The number of amides is 1. The quantitative estimate of drug-likeness (QED) is 0.759. The van der Waals surface area contributed by atoms with E-state index in [1.54, 1.807) is 6.92 Å². The molecular weight excluding hydrogens is 204 g/mol. The van der Waals surface area contributed by atoms with E-state index in [-0.39, 0.29) is 17.7 Å². The van der Waals surface area contributed by atoms with Gasteiger partial charge in [0.1, 0.15) is 5.78 Å². The van der Waals surface area contributed by atoms with E-state index in [0.717, 1.165) is 38.8 Å². The number of likely N-dealkylation sites (tertiary alicyclic amines) is 1. The maximum Gasteiger partial charge on any atom is 0.234 e. The van der Waals surface area contributed by atoms with E-state index >= 15 is 0 Å². The fraction of sp³-hybridized carbons (Fsp3) is 0.833. The number of rotatable bonds is 5. The zero-order chi connectivity index (χ0) is 12.0. The molecule has 0 aromatic carbocycles. The molecule has 1 heterocycles. The fourth-order valence-corrected chi connectivity index (χ4v) is 2.15. The van der Waals surface area contributed by atoms with E-state index in [4.69, 9.17) is 0 Å². The molecule has 1 rings (SSSR count). The molecule has 0 radical (unpaired) electrons. The lowest BCUT2D eigenvalue weighted by Gasteiger charge is -2.33. The van der Waals surface area contributed by atoms with Gasteiger partial charge in [0, 0.05) is 6.54 Å². The molecule has 1 aliphatic rings. The van der Waals surface area contributed by atoms with E-state index < -0.39 is 0 Å². The van der Waals surface area contributed by atoms with Crippen molar-refractivity contribution in [1.82, 2.24) is 10.2 Å². The molecule has 1 amide bonds. The largest absolute Gasteiger partial charge is 0.355 e. The predicted octanol–water partition coefficient (Wildman–Crippen LogP) is 0.956. The van der Waals surface area contributed by atoms with E-state index in [1.165, 1.54) is 0 Å². The lowest BCUT2D eigenvalue weighted by Crippen LogP contribution is -2.48. The summed E-state index contributed by atoms with van der Waals surface area (Å²) in [7, 11) is 0. The number of ketones is 1. The number of piperidine rings is 1. The fourth-order valence-electron chi connectivity index (χ4n) is 2.15. The molecule has 1 unspecified atom stereocenters. The molecule has 1 N–H and O–H groups in total. The highest BCUT2D eigenvalue weighted by Gasteiger charge is 2.27. The van der Waals surface area contributed by atoms with Crippen LogP contribution in [0.4, 0.5) is 0 Å². The molecule has 0 saturated carbocycles. The zero-order valence-corrected chi connectivity index (χ0v) is 10.3. The molecule has 1 aliphatic heterocycles. The van der Waals surface area contributed by atoms with Gasteiger partial charge in [0.15, 0.2) is 0 Å². The van der Waals surface area contributed by atoms with Crippen molar-refractivity contribution in [2.45, 2.75) is 45.6 Å². The number of Topliss-reactive ketones (excluding diaryl/α,β-unsaturated/α-hetero) is 1. The number of carbonyl (C=O) groups is 2. The molecule has 0 aromatic heterocycles. The number of nitrogens with one attached hydrogen (secondary N) is 1. The monoisotopic (exact) mass is 226 g/mol. The first kappa shape index (κ1) is 13.2. The van der Waals surface area contributed by atoms with Crippen molar-refractivity contribution >= 4 is 11.7 Å². The molecule has 4 nitrogen and oxygen atoms in total. The maximum atomic E-state index is 11.6. The lowest BCUT2D eigenvalue weighted by atomic mass is 9.99. The van der Waals surface area contributed by atoms with Crippen molar-refractivity contribution in [3.05, 3.63) is 0 Å². The van der Waals surface area contributed by atoms with Gasteiger partial charge in [-0.1, -0.05) is 13.3 Å². The van der Waals surface area contributed by atoms with Gasteiger partial charge in [-0.3, -0.25) is 14.5 Å². The molecule has 1 saturated heterocycles. The Morgan fingerprint density at radius 2 is 2.12 bits per heavy atom. The van der Waals surface area contributed by atoms with Gasteiger partial charge in [0.05, 0.1) is 12.6 Å². The van der Waals surface area contributed by atoms with Crippen LogP contribution in [-0.4, -0.2) is 42.3 Å². The van der Waals surface area contributed by atoms with Crippen LogP contribution in [0.2, 0.25) is 0 Å². The third-order valence-corrected chi connectivity index (χ3v) is 3.00. The highest BCUT2D eigenvalue weighted by atomic mass is 16.2. The second kappa shape index (κ2) is 6.63. The van der Waals surface area contributed by atoms with Gasteiger partial charge in [-0.25, -0.2) is 0 Å². The predicted molar refractivity (Wildman–Crippen MR) is 63.2 cm³/mol. The maximum absolute atomic E-state index is 11.6. The molecule has 4 heteroatoms. The van der Waals surface area contributed by atoms with Crippen LogP contribution in [0.25, 0.3) is 0 Å². The number of nitrogens with zero attached hydrogens (tertiary/aromatic N) is 1. The zero-order valence-electron chi connectivity index (χ0n) is 10.3. The van der Waals surface area contributed by atoms with Gasteiger partial charge in [0.2, 0.25) is 5.91 Å². The second-order valence-electron chi connectivity index (χ2n) is 4.44. The standard InChI is InChI=1S/C12H22N2O2/c1-3-7-13-12(16)9-14-8-5-4-6-11(14)10(2)15/h11H,3-9H2,1-2H3,(H,13,16). The minimum atomic E-state index is -0.0406. The second-order valence-corrected chi connectivity index (χ2v) is 4.44. The van der Waals surface area contributed by atoms with Crippen molar-refractivity contribution in [1.29, 1.82) is 0 Å². The van der Waals surface area contributed by atoms with E-state index in [0.29, 0.717) is 6.54 Å². The van der Waals surface area contributed by atoms with Crippen molar-refractivity contribution in [3.8, 4) is 0 Å². The summed E-state index contributed by atoms with van der Waals surface area (Å²) in [6.45, 7) is 5.60. The van der Waals surface area contributed by atoms with E-state index in [9.17, 15) is 9.59 Å². The Bertz CT molecular complexity index is 253. The van der Waals surface area contributed by atoms with Crippen LogP contribution in [-0.2, 0) is 9.59 Å². The first-order valence-corrected chi connectivity index (χ1v) is 6.16. The third-order valence-electron chi connectivity index (χ3n) is 3.00. The van der Waals surface area contributed by atoms with E-state index in [2.05, 4.69) is 5.32 Å². The number of hydrogen-bond donors (Lipinski definition) is 1. The summed E-state index contributed by atoms with van der Waals surface area (Å²) >= 11 is 0. The van der Waals surface area contributed by atoms with Crippen molar-refractivity contribution in [3.63, 3.8) is 0 Å². The topological polar surface area (TPSA) is 49.4 Å². The van der Waals surface area contributed by atoms with Gasteiger partial charge < -0.3 is 5.32 Å². The summed E-state index contributed by atoms with van der Waals surface area (Å²) in [4.78, 5) is 25.0. The van der Waals surface area contributed by atoms with E-state index in [1.807, 2.05) is 11.8 Å². The van der Waals surface area contributed by atoms with Crippen LogP contribution >= 0.6 is 0 Å². The van der Waals surface area contributed by atoms with Gasteiger partial charge in [-0.05, 0) is 32.7 Å². The summed E-state index contributed by atoms with van der Waals surface area (Å²) < 4.78 is 0. The molecule has 0 aliphatic carbocycles. The summed E-state index contributed by atoms with van der Waals surface area (Å²) in [5.74, 6) is 0.220. The van der Waals surface area contributed by atoms with Crippen molar-refractivity contribution in [2.24, 2.45) is 0 Å². The normalized spacial score (nSPS) is 21.8. The Morgan fingerprint density at radius 3 is 2.75 bits per heavy atom. The van der Waals surface area contributed by atoms with Crippen LogP contribution in [0.3, 0.4) is 0 Å². The minimum Gasteiger partial charge on any atom is -0.355 e.